The summed E-state index contributed by atoms with van der Waals surface area (Å²) in [5, 5.41) is 0. The second kappa shape index (κ2) is 5.43. The maximum absolute atomic E-state index is 12.3. The van der Waals surface area contributed by atoms with E-state index in [4.69, 9.17) is 5.73 Å². The van der Waals surface area contributed by atoms with Crippen LogP contribution in [0, 0.1) is 0 Å². The fourth-order valence-electron chi connectivity index (χ4n) is 2.42. The summed E-state index contributed by atoms with van der Waals surface area (Å²) in [4.78, 5) is 18.2. The van der Waals surface area contributed by atoms with E-state index in [1.54, 1.807) is 12.4 Å². The van der Waals surface area contributed by atoms with E-state index in [0.29, 0.717) is 0 Å². The van der Waals surface area contributed by atoms with Gasteiger partial charge in [-0.25, -0.2) is 0 Å². The molecule has 0 saturated carbocycles. The number of nitrogens with zero attached hydrogens (tertiary/aromatic N) is 2. The largest absolute Gasteiger partial charge is 0.341 e. The van der Waals surface area contributed by atoms with Crippen LogP contribution >= 0.6 is 0 Å². The summed E-state index contributed by atoms with van der Waals surface area (Å²) < 4.78 is 0. The van der Waals surface area contributed by atoms with Gasteiger partial charge in [-0.05, 0) is 23.6 Å². The molecule has 1 aliphatic heterocycles. The van der Waals surface area contributed by atoms with Crippen LogP contribution in [0.1, 0.15) is 18.0 Å². The molecule has 1 aromatic carbocycles. The molecular formula is C16H17N3O. The third kappa shape index (κ3) is 2.30. The van der Waals surface area contributed by atoms with Crippen LogP contribution in [0.25, 0.3) is 11.1 Å². The minimum Gasteiger partial charge on any atom is -0.341 e. The predicted molar refractivity (Wildman–Crippen MR) is 77.8 cm³/mol. The third-order valence-electron chi connectivity index (χ3n) is 3.70. The van der Waals surface area contributed by atoms with Gasteiger partial charge in [0, 0.05) is 31.0 Å². The van der Waals surface area contributed by atoms with Gasteiger partial charge in [-0.1, -0.05) is 30.3 Å². The predicted octanol–water partition coefficient (Wildman–Crippen LogP) is 1.98. The molecule has 0 radical (unpaired) electrons. The molecule has 102 valence electrons. The lowest BCUT2D eigenvalue weighted by molar-refractivity contribution is -0.136. The van der Waals surface area contributed by atoms with E-state index in [-0.39, 0.29) is 5.91 Å². The minimum atomic E-state index is -0.605. The Morgan fingerprint density at radius 3 is 2.65 bits per heavy atom. The average molecular weight is 267 g/mol. The van der Waals surface area contributed by atoms with Gasteiger partial charge in [0.2, 0.25) is 5.91 Å². The van der Waals surface area contributed by atoms with Gasteiger partial charge in [-0.3, -0.25) is 9.78 Å². The zero-order chi connectivity index (χ0) is 13.9. The van der Waals surface area contributed by atoms with Gasteiger partial charge in [0.1, 0.15) is 6.04 Å². The summed E-state index contributed by atoms with van der Waals surface area (Å²) in [6, 6.07) is 11.0. The van der Waals surface area contributed by atoms with Crippen LogP contribution in [0.5, 0.6) is 0 Å². The van der Waals surface area contributed by atoms with Crippen LogP contribution in [0.15, 0.2) is 48.8 Å². The smallest absolute Gasteiger partial charge is 0.244 e. The number of hydrogen-bond acceptors (Lipinski definition) is 3. The number of carbonyl (C=O) groups excluding carboxylic acids is 1. The average Bonchev–Trinajstić information content (AvgIpc) is 2.45. The maximum atomic E-state index is 12.3. The summed E-state index contributed by atoms with van der Waals surface area (Å²) >= 11 is 0. The van der Waals surface area contributed by atoms with Crippen LogP contribution in [-0.4, -0.2) is 28.9 Å². The molecule has 1 fully saturated rings. The molecule has 0 spiro atoms. The van der Waals surface area contributed by atoms with Crippen LogP contribution < -0.4 is 5.73 Å². The van der Waals surface area contributed by atoms with Gasteiger partial charge in [-0.15, -0.1) is 0 Å². The van der Waals surface area contributed by atoms with E-state index in [1.165, 1.54) is 0 Å². The number of hydrogen-bond donors (Lipinski definition) is 1. The number of carbonyl (C=O) groups is 1. The topological polar surface area (TPSA) is 59.2 Å². The quantitative estimate of drug-likeness (QED) is 0.925. The fourth-order valence-corrected chi connectivity index (χ4v) is 2.42. The van der Waals surface area contributed by atoms with Gasteiger partial charge >= 0.3 is 0 Å². The Bertz CT molecular complexity index is 608. The second-order valence-electron chi connectivity index (χ2n) is 4.99. The van der Waals surface area contributed by atoms with Crippen LogP contribution in [0.4, 0.5) is 0 Å². The number of amides is 1. The first kappa shape index (κ1) is 12.8. The molecule has 2 N–H and O–H groups in total. The molecule has 4 nitrogen and oxygen atoms in total. The molecule has 4 heteroatoms. The number of benzene rings is 1. The van der Waals surface area contributed by atoms with Crippen molar-refractivity contribution in [1.29, 1.82) is 0 Å². The third-order valence-corrected chi connectivity index (χ3v) is 3.70. The summed E-state index contributed by atoms with van der Waals surface area (Å²) in [5.41, 5.74) is 8.99. The van der Waals surface area contributed by atoms with Gasteiger partial charge in [0.15, 0.2) is 0 Å². The van der Waals surface area contributed by atoms with Crippen molar-refractivity contribution in [2.45, 2.75) is 12.5 Å². The van der Waals surface area contributed by atoms with Gasteiger partial charge in [-0.2, -0.15) is 0 Å². The zero-order valence-corrected chi connectivity index (χ0v) is 11.2. The van der Waals surface area contributed by atoms with Crippen molar-refractivity contribution in [3.05, 3.63) is 54.4 Å². The van der Waals surface area contributed by atoms with Crippen molar-refractivity contribution in [2.75, 3.05) is 13.1 Å². The van der Waals surface area contributed by atoms with Crippen molar-refractivity contribution in [2.24, 2.45) is 5.73 Å². The first-order valence-electron chi connectivity index (χ1n) is 6.81. The standard InChI is InChI=1S/C16H17N3O/c17-15(16(20)19-9-4-10-19)14-7-2-1-6-13(14)12-5-3-8-18-11-12/h1-3,5-8,11,15H,4,9-10,17H2. The molecule has 3 rings (SSSR count). The highest BCUT2D eigenvalue weighted by Crippen LogP contribution is 2.28. The van der Waals surface area contributed by atoms with Crippen LogP contribution in [0.3, 0.4) is 0 Å². The molecule has 0 bridgehead atoms. The Morgan fingerprint density at radius 2 is 2.00 bits per heavy atom. The number of pyridine rings is 1. The highest BCUT2D eigenvalue weighted by molar-refractivity contribution is 5.86. The van der Waals surface area contributed by atoms with Gasteiger partial charge in [0.05, 0.1) is 0 Å². The number of rotatable bonds is 3. The Labute approximate surface area is 118 Å². The lowest BCUT2D eigenvalue weighted by Gasteiger charge is -2.33. The van der Waals surface area contributed by atoms with Crippen molar-refractivity contribution < 1.29 is 4.79 Å². The summed E-state index contributed by atoms with van der Waals surface area (Å²) in [6.07, 6.45) is 4.60. The Morgan fingerprint density at radius 1 is 1.20 bits per heavy atom. The van der Waals surface area contributed by atoms with Gasteiger partial charge in [0.25, 0.3) is 0 Å². The van der Waals surface area contributed by atoms with Crippen molar-refractivity contribution in [3.63, 3.8) is 0 Å². The monoisotopic (exact) mass is 267 g/mol. The first-order chi connectivity index (χ1) is 9.77. The lowest BCUT2D eigenvalue weighted by Crippen LogP contribution is -2.46. The normalized spacial score (nSPS) is 15.6. The zero-order valence-electron chi connectivity index (χ0n) is 11.2. The molecule has 1 aliphatic rings. The van der Waals surface area contributed by atoms with E-state index in [0.717, 1.165) is 36.2 Å². The number of nitrogens with two attached hydrogens (primary N) is 1. The van der Waals surface area contributed by atoms with Crippen LogP contribution in [0.2, 0.25) is 0 Å². The van der Waals surface area contributed by atoms with Crippen molar-refractivity contribution in [3.8, 4) is 11.1 Å². The molecule has 0 aliphatic carbocycles. The molecule has 2 aromatic rings. The molecule has 1 saturated heterocycles. The van der Waals surface area contributed by atoms with Crippen molar-refractivity contribution in [1.82, 2.24) is 9.88 Å². The second-order valence-corrected chi connectivity index (χ2v) is 4.99. The fraction of sp³-hybridized carbons (Fsp3) is 0.250. The Hall–Kier alpha value is -2.20. The SMILES string of the molecule is NC(C(=O)N1CCC1)c1ccccc1-c1cccnc1. The highest BCUT2D eigenvalue weighted by Gasteiger charge is 2.27. The van der Waals surface area contributed by atoms with E-state index in [1.807, 2.05) is 41.3 Å². The van der Waals surface area contributed by atoms with E-state index < -0.39 is 6.04 Å². The molecule has 1 atom stereocenters. The summed E-state index contributed by atoms with van der Waals surface area (Å²) in [5.74, 6) is 0.00703. The van der Waals surface area contributed by atoms with E-state index >= 15 is 0 Å². The Balaban J connectivity index is 1.95. The van der Waals surface area contributed by atoms with E-state index in [2.05, 4.69) is 4.98 Å². The summed E-state index contributed by atoms with van der Waals surface area (Å²) in [7, 11) is 0. The lowest BCUT2D eigenvalue weighted by atomic mass is 9.95. The molecule has 1 unspecified atom stereocenters. The molecule has 20 heavy (non-hydrogen) atoms. The Kier molecular flexibility index (Phi) is 3.48. The maximum Gasteiger partial charge on any atom is 0.244 e. The highest BCUT2D eigenvalue weighted by atomic mass is 16.2. The minimum absolute atomic E-state index is 0.00703. The van der Waals surface area contributed by atoms with Crippen molar-refractivity contribution >= 4 is 5.91 Å². The number of aromatic nitrogens is 1. The first-order valence-corrected chi connectivity index (χ1v) is 6.81. The molecule has 2 heterocycles. The molecule has 1 amide bonds. The van der Waals surface area contributed by atoms with Gasteiger partial charge < -0.3 is 10.6 Å². The van der Waals surface area contributed by atoms with E-state index in [9.17, 15) is 4.79 Å². The number of likely N-dealkylation sites (tertiary alicyclic amines) is 1. The molecular weight excluding hydrogens is 250 g/mol. The summed E-state index contributed by atoms with van der Waals surface area (Å²) in [6.45, 7) is 1.64. The molecule has 1 aromatic heterocycles. The van der Waals surface area contributed by atoms with Crippen LogP contribution in [-0.2, 0) is 4.79 Å².